The molecule has 1 N–H and O–H groups in total. The second-order valence-electron chi connectivity index (χ2n) is 6.39. The smallest absolute Gasteiger partial charge is 0.306 e. The van der Waals surface area contributed by atoms with Crippen molar-refractivity contribution < 1.29 is 28.6 Å². The molecule has 0 saturated carbocycles. The summed E-state index contributed by atoms with van der Waals surface area (Å²) in [4.78, 5) is 37.6. The van der Waals surface area contributed by atoms with Crippen molar-refractivity contribution in [3.8, 4) is 11.5 Å². The number of methoxy groups -OCH3 is 2. The number of nitrogens with one attached hydrogen (secondary N) is 1. The zero-order chi connectivity index (χ0) is 21.4. The van der Waals surface area contributed by atoms with E-state index in [2.05, 4.69) is 5.32 Å². The monoisotopic (exact) mass is 419 g/mol. The number of esters is 1. The van der Waals surface area contributed by atoms with Gasteiger partial charge in [0, 0.05) is 16.9 Å². The maximum atomic E-state index is 12.1. The van der Waals surface area contributed by atoms with Crippen LogP contribution in [0.2, 0.25) is 0 Å². The number of Topliss-reactive ketones (excluding diaryl/α,β-unsaturated/α-hetero) is 1. The number of hydrogen-bond donors (Lipinski definition) is 1. The summed E-state index contributed by atoms with van der Waals surface area (Å²) >= 11 is 1.39. The van der Waals surface area contributed by atoms with E-state index < -0.39 is 18.5 Å². The molecule has 1 aromatic heterocycles. The van der Waals surface area contributed by atoms with Gasteiger partial charge in [-0.3, -0.25) is 14.4 Å². The number of rotatable bonds is 10. The second-order valence-corrected chi connectivity index (χ2v) is 7.68. The summed E-state index contributed by atoms with van der Waals surface area (Å²) in [7, 11) is 3.10. The van der Waals surface area contributed by atoms with E-state index in [1.165, 1.54) is 11.3 Å². The number of aryl methyl sites for hydroxylation is 1. The topological polar surface area (TPSA) is 90.9 Å². The second kappa shape index (κ2) is 10.6. The van der Waals surface area contributed by atoms with Crippen LogP contribution in [0.5, 0.6) is 11.5 Å². The Morgan fingerprint density at radius 1 is 1.07 bits per heavy atom. The molecule has 1 heterocycles. The molecule has 1 aromatic carbocycles. The Bertz CT molecular complexity index is 876. The first kappa shape index (κ1) is 22.4. The van der Waals surface area contributed by atoms with Crippen molar-refractivity contribution in [2.45, 2.75) is 32.7 Å². The fourth-order valence-electron chi connectivity index (χ4n) is 2.68. The number of carbonyl (C=O) groups excluding carboxylic acids is 3. The van der Waals surface area contributed by atoms with Crippen LogP contribution < -0.4 is 14.8 Å². The van der Waals surface area contributed by atoms with Crippen molar-refractivity contribution in [1.82, 2.24) is 5.32 Å². The minimum atomic E-state index is -0.589. The standard InChI is InChI=1S/C21H25NO6S/c1-13-5-9-19(29-13)17(23)7-10-21(25)28-12-20(24)22-14(2)16-11-15(26-3)6-8-18(16)27-4/h5-6,8-9,11,14H,7,10,12H2,1-4H3,(H,22,24)/t14-/m1/s1. The average molecular weight is 419 g/mol. The molecule has 0 spiro atoms. The molecule has 0 saturated heterocycles. The summed E-state index contributed by atoms with van der Waals surface area (Å²) in [5, 5.41) is 2.75. The third-order valence-corrected chi connectivity index (χ3v) is 5.26. The van der Waals surface area contributed by atoms with Gasteiger partial charge in [-0.05, 0) is 44.2 Å². The molecule has 1 atom stereocenters. The Morgan fingerprint density at radius 3 is 2.45 bits per heavy atom. The number of ether oxygens (including phenoxy) is 3. The lowest BCUT2D eigenvalue weighted by molar-refractivity contribution is -0.148. The lowest BCUT2D eigenvalue weighted by Gasteiger charge is -2.18. The van der Waals surface area contributed by atoms with Crippen LogP contribution in [0.1, 0.15) is 45.9 Å². The summed E-state index contributed by atoms with van der Waals surface area (Å²) in [6.45, 7) is 3.29. The molecule has 7 nitrogen and oxygen atoms in total. The maximum absolute atomic E-state index is 12.1. The fraction of sp³-hybridized carbons (Fsp3) is 0.381. The third kappa shape index (κ3) is 6.60. The highest BCUT2D eigenvalue weighted by molar-refractivity contribution is 7.14. The van der Waals surface area contributed by atoms with E-state index in [9.17, 15) is 14.4 Å². The molecule has 0 aliphatic heterocycles. The molecule has 1 amide bonds. The molecule has 156 valence electrons. The van der Waals surface area contributed by atoms with Crippen LogP contribution in [-0.2, 0) is 14.3 Å². The van der Waals surface area contributed by atoms with Crippen LogP contribution in [0.3, 0.4) is 0 Å². The van der Waals surface area contributed by atoms with E-state index >= 15 is 0 Å². The number of hydrogen-bond acceptors (Lipinski definition) is 7. The molecule has 0 bridgehead atoms. The van der Waals surface area contributed by atoms with Gasteiger partial charge >= 0.3 is 5.97 Å². The number of ketones is 1. The zero-order valence-electron chi connectivity index (χ0n) is 16.9. The summed E-state index contributed by atoms with van der Waals surface area (Å²) < 4.78 is 15.5. The summed E-state index contributed by atoms with van der Waals surface area (Å²) in [5.41, 5.74) is 0.739. The van der Waals surface area contributed by atoms with Gasteiger partial charge in [0.05, 0.1) is 31.6 Å². The lowest BCUT2D eigenvalue weighted by Crippen LogP contribution is -2.31. The Labute approximate surface area is 174 Å². The van der Waals surface area contributed by atoms with Crippen molar-refractivity contribution in [2.24, 2.45) is 0 Å². The summed E-state index contributed by atoms with van der Waals surface area (Å²) in [6, 6.07) is 8.51. The molecule has 0 unspecified atom stereocenters. The SMILES string of the molecule is COc1ccc(OC)c([C@@H](C)NC(=O)COC(=O)CCC(=O)c2ccc(C)s2)c1. The molecule has 2 rings (SSSR count). The summed E-state index contributed by atoms with van der Waals surface area (Å²) in [6.07, 6.45) is -0.0138. The van der Waals surface area contributed by atoms with Gasteiger partial charge in [0.1, 0.15) is 11.5 Å². The molecule has 0 aliphatic rings. The Balaban J connectivity index is 1.80. The highest BCUT2D eigenvalue weighted by atomic mass is 32.1. The van der Waals surface area contributed by atoms with Crippen molar-refractivity contribution in [1.29, 1.82) is 0 Å². The van der Waals surface area contributed by atoms with E-state index in [4.69, 9.17) is 14.2 Å². The molecular formula is C21H25NO6S. The molecule has 2 aromatic rings. The van der Waals surface area contributed by atoms with Crippen LogP contribution >= 0.6 is 11.3 Å². The van der Waals surface area contributed by atoms with Crippen LogP contribution in [0.4, 0.5) is 0 Å². The molecule has 0 radical (unpaired) electrons. The lowest BCUT2D eigenvalue weighted by atomic mass is 10.1. The van der Waals surface area contributed by atoms with Crippen molar-refractivity contribution in [3.05, 3.63) is 45.6 Å². The number of benzene rings is 1. The van der Waals surface area contributed by atoms with Gasteiger partial charge in [-0.15, -0.1) is 11.3 Å². The van der Waals surface area contributed by atoms with Crippen LogP contribution in [-0.4, -0.2) is 38.5 Å². The molecule has 0 fully saturated rings. The summed E-state index contributed by atoms with van der Waals surface area (Å²) in [5.74, 6) is 0.101. The Hall–Kier alpha value is -2.87. The molecule has 29 heavy (non-hydrogen) atoms. The predicted octanol–water partition coefficient (Wildman–Crippen LogP) is 3.46. The first-order chi connectivity index (χ1) is 13.8. The predicted molar refractivity (Wildman–Crippen MR) is 110 cm³/mol. The van der Waals surface area contributed by atoms with E-state index in [1.54, 1.807) is 45.4 Å². The van der Waals surface area contributed by atoms with Crippen LogP contribution in [0, 0.1) is 6.92 Å². The van der Waals surface area contributed by atoms with Crippen molar-refractivity contribution in [3.63, 3.8) is 0 Å². The number of carbonyl (C=O) groups is 3. The molecule has 8 heteroatoms. The quantitative estimate of drug-likeness (QED) is 0.468. The minimum absolute atomic E-state index is 0.0534. The van der Waals surface area contributed by atoms with E-state index in [0.717, 1.165) is 10.4 Å². The fourth-order valence-corrected chi connectivity index (χ4v) is 3.52. The maximum Gasteiger partial charge on any atom is 0.306 e. The minimum Gasteiger partial charge on any atom is -0.497 e. The van der Waals surface area contributed by atoms with Crippen LogP contribution in [0.25, 0.3) is 0 Å². The highest BCUT2D eigenvalue weighted by Gasteiger charge is 2.17. The van der Waals surface area contributed by atoms with E-state index in [0.29, 0.717) is 16.4 Å². The Morgan fingerprint density at radius 2 is 1.83 bits per heavy atom. The van der Waals surface area contributed by atoms with Crippen LogP contribution in [0.15, 0.2) is 30.3 Å². The largest absolute Gasteiger partial charge is 0.497 e. The number of amides is 1. The van der Waals surface area contributed by atoms with Gasteiger partial charge < -0.3 is 19.5 Å². The van der Waals surface area contributed by atoms with Gasteiger partial charge in [-0.25, -0.2) is 0 Å². The Kier molecular flexibility index (Phi) is 8.21. The van der Waals surface area contributed by atoms with Gasteiger partial charge in [0.2, 0.25) is 0 Å². The first-order valence-electron chi connectivity index (χ1n) is 9.10. The molecule has 0 aliphatic carbocycles. The van der Waals surface area contributed by atoms with Gasteiger partial charge in [0.25, 0.3) is 5.91 Å². The van der Waals surface area contributed by atoms with E-state index in [-0.39, 0.29) is 24.7 Å². The average Bonchev–Trinajstić information content (AvgIpc) is 3.16. The van der Waals surface area contributed by atoms with E-state index in [1.807, 2.05) is 13.0 Å². The highest BCUT2D eigenvalue weighted by Crippen LogP contribution is 2.29. The molecular weight excluding hydrogens is 394 g/mol. The zero-order valence-corrected chi connectivity index (χ0v) is 17.8. The van der Waals surface area contributed by atoms with Gasteiger partial charge in [-0.1, -0.05) is 0 Å². The third-order valence-electron chi connectivity index (χ3n) is 4.22. The number of thiophene rings is 1. The van der Waals surface area contributed by atoms with Gasteiger partial charge in [0.15, 0.2) is 12.4 Å². The van der Waals surface area contributed by atoms with Crippen molar-refractivity contribution >= 4 is 29.0 Å². The normalized spacial score (nSPS) is 11.4. The van der Waals surface area contributed by atoms with Gasteiger partial charge in [-0.2, -0.15) is 0 Å². The first-order valence-corrected chi connectivity index (χ1v) is 9.92. The van der Waals surface area contributed by atoms with Crippen molar-refractivity contribution in [2.75, 3.05) is 20.8 Å².